The highest BCUT2D eigenvalue weighted by atomic mass is 32.2. The second kappa shape index (κ2) is 4.59. The molecule has 1 saturated heterocycles. The average Bonchev–Trinajstić information content (AvgIpc) is 2.33. The number of ketones is 1. The molecule has 0 aromatic heterocycles. The summed E-state index contributed by atoms with van der Waals surface area (Å²) in [6, 6.07) is 0. The molecule has 1 unspecified atom stereocenters. The van der Waals surface area contributed by atoms with Crippen LogP contribution in [0.25, 0.3) is 0 Å². The molecule has 6 heteroatoms. The maximum Gasteiger partial charge on any atom is 0.242 e. The molecule has 1 rings (SSSR count). The van der Waals surface area contributed by atoms with Crippen LogP contribution in [0.3, 0.4) is 0 Å². The fraction of sp³-hybridized carbons (Fsp3) is 0.714. The maximum absolute atomic E-state index is 11.1. The Morgan fingerprint density at radius 3 is 2.85 bits per heavy atom. The van der Waals surface area contributed by atoms with E-state index in [0.717, 1.165) is 0 Å². The molecule has 0 saturated carbocycles. The van der Waals surface area contributed by atoms with Crippen LogP contribution in [0.5, 0.6) is 0 Å². The molecule has 2 N–H and O–H groups in total. The minimum atomic E-state index is -0.254. The summed E-state index contributed by atoms with van der Waals surface area (Å²) in [5, 5.41) is 3.42. The average molecular weight is 203 g/mol. The summed E-state index contributed by atoms with van der Waals surface area (Å²) in [6.07, 6.45) is -0.0502. The van der Waals surface area contributed by atoms with Crippen LogP contribution in [-0.4, -0.2) is 28.1 Å². The topological polar surface area (TPSA) is 61.4 Å². The van der Waals surface area contributed by atoms with Gasteiger partial charge in [0, 0.05) is 0 Å². The normalized spacial score (nSPS) is 23.1. The molecule has 74 valence electrons. The van der Waals surface area contributed by atoms with Gasteiger partial charge in [-0.2, -0.15) is 0 Å². The molecule has 1 heterocycles. The van der Waals surface area contributed by atoms with Crippen molar-refractivity contribution in [3.8, 4) is 0 Å². The molecule has 1 aliphatic rings. The number of hydrogen-bond donors (Lipinski definition) is 2. The first kappa shape index (κ1) is 10.5. The van der Waals surface area contributed by atoms with Gasteiger partial charge in [-0.15, -0.1) is 4.41 Å². The van der Waals surface area contributed by atoms with E-state index in [0.29, 0.717) is 12.0 Å². The van der Waals surface area contributed by atoms with E-state index in [1.54, 1.807) is 4.41 Å². The number of nitrogens with zero attached hydrogens (tertiary/aromatic N) is 1. The molecule has 0 spiro atoms. The highest BCUT2D eigenvalue weighted by molar-refractivity contribution is 7.97. The van der Waals surface area contributed by atoms with E-state index in [4.69, 9.17) is 0 Å². The Balaban J connectivity index is 2.24. The molecule has 1 aliphatic heterocycles. The molecule has 0 aromatic rings. The Morgan fingerprint density at radius 2 is 2.38 bits per heavy atom. The van der Waals surface area contributed by atoms with Crippen LogP contribution in [0.15, 0.2) is 0 Å². The van der Waals surface area contributed by atoms with Crippen molar-refractivity contribution in [2.24, 2.45) is 0 Å². The summed E-state index contributed by atoms with van der Waals surface area (Å²) in [6.45, 7) is 4.01. The van der Waals surface area contributed by atoms with Crippen molar-refractivity contribution in [2.45, 2.75) is 25.6 Å². The van der Waals surface area contributed by atoms with Crippen molar-refractivity contribution in [1.82, 2.24) is 15.2 Å². The Labute approximate surface area is 81.3 Å². The number of carbonyl (C=O) groups excluding carboxylic acids is 2. The summed E-state index contributed by atoms with van der Waals surface area (Å²) in [5.74, 6) is -0.376. The van der Waals surface area contributed by atoms with E-state index in [9.17, 15) is 9.59 Å². The highest BCUT2D eigenvalue weighted by Gasteiger charge is 2.20. The minimum Gasteiger partial charge on any atom is -0.299 e. The van der Waals surface area contributed by atoms with Crippen LogP contribution >= 0.6 is 11.9 Å². The lowest BCUT2D eigenvalue weighted by molar-refractivity contribution is -0.129. The third kappa shape index (κ3) is 3.75. The van der Waals surface area contributed by atoms with Gasteiger partial charge in [-0.25, -0.2) is 0 Å². The number of carbonyl (C=O) groups is 2. The smallest absolute Gasteiger partial charge is 0.242 e. The summed E-state index contributed by atoms with van der Waals surface area (Å²) in [5.41, 5.74) is 2.61. The Morgan fingerprint density at radius 1 is 1.69 bits per heavy atom. The molecule has 1 atom stereocenters. The van der Waals surface area contributed by atoms with Gasteiger partial charge in [-0.1, -0.05) is 0 Å². The second-order valence-corrected chi connectivity index (χ2v) is 4.26. The fourth-order valence-electron chi connectivity index (χ4n) is 0.947. The van der Waals surface area contributed by atoms with Crippen LogP contribution in [-0.2, 0) is 9.59 Å². The third-order valence-corrected chi connectivity index (χ3v) is 2.42. The van der Waals surface area contributed by atoms with Gasteiger partial charge in [0.2, 0.25) is 5.91 Å². The predicted molar refractivity (Wildman–Crippen MR) is 50.3 cm³/mol. The van der Waals surface area contributed by atoms with Gasteiger partial charge < -0.3 is 0 Å². The fourth-order valence-corrected chi connectivity index (χ4v) is 1.78. The first-order valence-electron chi connectivity index (χ1n) is 4.04. The van der Waals surface area contributed by atoms with Crippen LogP contribution in [0.1, 0.15) is 20.3 Å². The van der Waals surface area contributed by atoms with Crippen LogP contribution in [0.4, 0.5) is 0 Å². The molecule has 1 fully saturated rings. The molecule has 0 aromatic carbocycles. The molecular weight excluding hydrogens is 190 g/mol. The van der Waals surface area contributed by atoms with E-state index in [1.165, 1.54) is 18.9 Å². The number of Topliss-reactive ketones (excluding diaryl/α,β-unsaturated/α-hetero) is 1. The first-order chi connectivity index (χ1) is 6.08. The van der Waals surface area contributed by atoms with Gasteiger partial charge in [0.1, 0.15) is 5.78 Å². The summed E-state index contributed by atoms with van der Waals surface area (Å²) >= 11 is 1.50. The third-order valence-electron chi connectivity index (χ3n) is 1.47. The van der Waals surface area contributed by atoms with Crippen LogP contribution in [0.2, 0.25) is 0 Å². The highest BCUT2D eigenvalue weighted by Crippen LogP contribution is 2.17. The van der Waals surface area contributed by atoms with Crippen molar-refractivity contribution in [2.75, 3.05) is 6.67 Å². The standard InChI is InChI=1S/C7H13N3O2S/c1-5(11)3-7(12)9-10-4-8-6(2)13-10/h6,8H,3-4H2,1-2H3,(H,9,12). The van der Waals surface area contributed by atoms with E-state index >= 15 is 0 Å². The molecule has 13 heavy (non-hydrogen) atoms. The largest absolute Gasteiger partial charge is 0.299 e. The number of hydrazine groups is 1. The zero-order valence-electron chi connectivity index (χ0n) is 7.66. The van der Waals surface area contributed by atoms with Crippen LogP contribution < -0.4 is 10.7 Å². The van der Waals surface area contributed by atoms with E-state index in [1.807, 2.05) is 6.92 Å². The number of hydrogen-bond acceptors (Lipinski definition) is 5. The van der Waals surface area contributed by atoms with Gasteiger partial charge in [-0.3, -0.25) is 20.3 Å². The van der Waals surface area contributed by atoms with Gasteiger partial charge in [-0.05, 0) is 25.8 Å². The molecular formula is C7H13N3O2S. The van der Waals surface area contributed by atoms with Gasteiger partial charge in [0.05, 0.1) is 18.5 Å². The van der Waals surface area contributed by atoms with Crippen molar-refractivity contribution in [3.05, 3.63) is 0 Å². The monoisotopic (exact) mass is 203 g/mol. The Bertz CT molecular complexity index is 222. The summed E-state index contributed by atoms with van der Waals surface area (Å²) in [4.78, 5) is 21.7. The quantitative estimate of drug-likeness (QED) is 0.493. The van der Waals surface area contributed by atoms with E-state index in [-0.39, 0.29) is 18.1 Å². The van der Waals surface area contributed by atoms with Crippen molar-refractivity contribution in [3.63, 3.8) is 0 Å². The van der Waals surface area contributed by atoms with Crippen molar-refractivity contribution in [1.29, 1.82) is 0 Å². The van der Waals surface area contributed by atoms with Crippen molar-refractivity contribution >= 4 is 23.6 Å². The Kier molecular flexibility index (Phi) is 3.71. The van der Waals surface area contributed by atoms with Crippen molar-refractivity contribution < 1.29 is 9.59 Å². The maximum atomic E-state index is 11.1. The molecule has 1 amide bonds. The lowest BCUT2D eigenvalue weighted by atomic mass is 10.3. The van der Waals surface area contributed by atoms with Crippen LogP contribution in [0, 0.1) is 0 Å². The van der Waals surface area contributed by atoms with E-state index < -0.39 is 0 Å². The lowest BCUT2D eigenvalue weighted by Gasteiger charge is -2.13. The first-order valence-corrected chi connectivity index (χ1v) is 4.88. The summed E-state index contributed by atoms with van der Waals surface area (Å²) in [7, 11) is 0. The zero-order valence-corrected chi connectivity index (χ0v) is 8.48. The molecule has 0 radical (unpaired) electrons. The number of rotatable bonds is 3. The second-order valence-electron chi connectivity index (χ2n) is 2.90. The van der Waals surface area contributed by atoms with Gasteiger partial charge in [0.15, 0.2) is 0 Å². The SMILES string of the molecule is CC(=O)CC(=O)NN1CNC(C)S1. The predicted octanol–water partition coefficient (Wildman–Crippen LogP) is -0.146. The minimum absolute atomic E-state index is 0.0502. The number of nitrogens with one attached hydrogen (secondary N) is 2. The molecule has 5 nitrogen and oxygen atoms in total. The molecule has 0 aliphatic carbocycles. The van der Waals surface area contributed by atoms with Gasteiger partial charge >= 0.3 is 0 Å². The Hall–Kier alpha value is -0.590. The summed E-state index contributed by atoms with van der Waals surface area (Å²) < 4.78 is 1.69. The number of amides is 1. The van der Waals surface area contributed by atoms with E-state index in [2.05, 4.69) is 10.7 Å². The van der Waals surface area contributed by atoms with Gasteiger partial charge in [0.25, 0.3) is 0 Å². The lowest BCUT2D eigenvalue weighted by Crippen LogP contribution is -2.38. The zero-order chi connectivity index (χ0) is 9.84. The molecule has 0 bridgehead atoms.